The number of aliphatic carboxylic acids is 1. The smallest absolute Gasteiger partial charge is 0.309 e. The summed E-state index contributed by atoms with van der Waals surface area (Å²) in [4.78, 5) is 11.1. The van der Waals surface area contributed by atoms with E-state index in [0.29, 0.717) is 13.0 Å². The molecule has 1 unspecified atom stereocenters. The van der Waals surface area contributed by atoms with E-state index in [2.05, 4.69) is 5.32 Å². The van der Waals surface area contributed by atoms with Gasteiger partial charge >= 0.3 is 5.97 Å². The van der Waals surface area contributed by atoms with Gasteiger partial charge in [-0.2, -0.15) is 0 Å². The molecule has 1 aromatic rings. The molecule has 0 bridgehead atoms. The molecule has 0 aliphatic carbocycles. The van der Waals surface area contributed by atoms with Gasteiger partial charge in [0, 0.05) is 6.54 Å². The molecule has 100 valence electrons. The Morgan fingerprint density at radius 3 is 2.67 bits per heavy atom. The van der Waals surface area contributed by atoms with Gasteiger partial charge in [0.25, 0.3) is 0 Å². The number of nitrogens with one attached hydrogen (secondary N) is 1. The maximum absolute atomic E-state index is 11.1. The fourth-order valence-electron chi connectivity index (χ4n) is 1.81. The number of carbonyl (C=O) groups is 1. The van der Waals surface area contributed by atoms with Gasteiger partial charge in [0.05, 0.1) is 11.5 Å². The first-order valence-electron chi connectivity index (χ1n) is 6.01. The van der Waals surface area contributed by atoms with Gasteiger partial charge in [0.1, 0.15) is 0 Å². The molecule has 4 nitrogen and oxygen atoms in total. The second-order valence-electron chi connectivity index (χ2n) is 5.18. The summed E-state index contributed by atoms with van der Waals surface area (Å²) in [7, 11) is 1.78. The first-order valence-corrected chi connectivity index (χ1v) is 6.01. The highest BCUT2D eigenvalue weighted by Gasteiger charge is 2.27. The van der Waals surface area contributed by atoms with E-state index in [1.807, 2.05) is 24.3 Å². The van der Waals surface area contributed by atoms with E-state index in [-0.39, 0.29) is 0 Å². The zero-order valence-electron chi connectivity index (χ0n) is 11.1. The molecule has 0 saturated heterocycles. The Bertz CT molecular complexity index is 415. The summed E-state index contributed by atoms with van der Waals surface area (Å²) in [5.74, 6) is -0.816. The van der Waals surface area contributed by atoms with Gasteiger partial charge < -0.3 is 15.5 Å². The maximum Gasteiger partial charge on any atom is 0.309 e. The molecule has 1 aromatic carbocycles. The molecule has 0 aliphatic heterocycles. The lowest BCUT2D eigenvalue weighted by Gasteiger charge is -2.20. The number of rotatable bonds is 6. The van der Waals surface area contributed by atoms with Crippen molar-refractivity contribution >= 4 is 5.97 Å². The fraction of sp³-hybridized carbons (Fsp3) is 0.500. The minimum Gasteiger partial charge on any atom is -0.481 e. The number of carboxylic acid groups (broad SMARTS) is 1. The quantitative estimate of drug-likeness (QED) is 0.718. The number of hydrogen-bond donors (Lipinski definition) is 3. The third kappa shape index (κ3) is 3.82. The summed E-state index contributed by atoms with van der Waals surface area (Å²) in [6, 6.07) is 7.45. The van der Waals surface area contributed by atoms with Crippen LogP contribution in [0.4, 0.5) is 0 Å². The summed E-state index contributed by atoms with van der Waals surface area (Å²) in [5.41, 5.74) is 0.935. The number of carboxylic acids is 1. The van der Waals surface area contributed by atoms with Crippen LogP contribution in [0.5, 0.6) is 0 Å². The van der Waals surface area contributed by atoms with E-state index in [0.717, 1.165) is 11.1 Å². The summed E-state index contributed by atoms with van der Waals surface area (Å²) in [6.07, 6.45) is -0.120. The Morgan fingerprint density at radius 1 is 1.44 bits per heavy atom. The highest BCUT2D eigenvalue weighted by molar-refractivity contribution is 5.74. The zero-order valence-corrected chi connectivity index (χ0v) is 11.1. The molecule has 3 N–H and O–H groups in total. The molecule has 1 atom stereocenters. The van der Waals surface area contributed by atoms with Crippen molar-refractivity contribution in [3.8, 4) is 0 Å². The van der Waals surface area contributed by atoms with Gasteiger partial charge in [-0.15, -0.1) is 0 Å². The van der Waals surface area contributed by atoms with Crippen molar-refractivity contribution in [2.75, 3.05) is 13.6 Å². The van der Waals surface area contributed by atoms with Gasteiger partial charge in [-0.05, 0) is 38.4 Å². The topological polar surface area (TPSA) is 69.6 Å². The fourth-order valence-corrected chi connectivity index (χ4v) is 1.81. The van der Waals surface area contributed by atoms with Crippen LogP contribution < -0.4 is 5.32 Å². The van der Waals surface area contributed by atoms with Gasteiger partial charge in [-0.1, -0.05) is 24.3 Å². The minimum atomic E-state index is -0.816. The van der Waals surface area contributed by atoms with Crippen LogP contribution in [0.1, 0.15) is 31.1 Å². The normalized spacial score (nSPS) is 13.3. The largest absolute Gasteiger partial charge is 0.481 e. The molecule has 0 aliphatic rings. The van der Waals surface area contributed by atoms with Crippen molar-refractivity contribution in [3.63, 3.8) is 0 Å². The van der Waals surface area contributed by atoms with Crippen LogP contribution >= 0.6 is 0 Å². The lowest BCUT2D eigenvalue weighted by atomic mass is 9.85. The average Bonchev–Trinajstić information content (AvgIpc) is 2.29. The third-order valence-corrected chi connectivity index (χ3v) is 2.96. The van der Waals surface area contributed by atoms with Crippen molar-refractivity contribution < 1.29 is 15.0 Å². The highest BCUT2D eigenvalue weighted by Crippen LogP contribution is 2.24. The third-order valence-electron chi connectivity index (χ3n) is 2.96. The highest BCUT2D eigenvalue weighted by atomic mass is 16.4. The summed E-state index contributed by atoms with van der Waals surface area (Å²) in [5, 5.41) is 21.9. The Morgan fingerprint density at radius 2 is 2.11 bits per heavy atom. The van der Waals surface area contributed by atoms with Gasteiger partial charge in [-0.25, -0.2) is 0 Å². The van der Waals surface area contributed by atoms with Crippen molar-refractivity contribution in [3.05, 3.63) is 35.4 Å². The lowest BCUT2D eigenvalue weighted by molar-refractivity contribution is -0.146. The predicted octanol–water partition coefficient (Wildman–Crippen LogP) is 1.59. The monoisotopic (exact) mass is 251 g/mol. The van der Waals surface area contributed by atoms with Crippen LogP contribution in [-0.4, -0.2) is 29.8 Å². The van der Waals surface area contributed by atoms with Crippen molar-refractivity contribution in [1.29, 1.82) is 0 Å². The number of aliphatic hydroxyl groups excluding tert-OH is 1. The standard InChI is InChI=1S/C14H21NO3/c1-14(2,13(17)18)8-10-5-4-6-11(7-10)12(16)9-15-3/h4-7,12,15-16H,8-9H2,1-3H3,(H,17,18). The van der Waals surface area contributed by atoms with Crippen LogP contribution in [0.2, 0.25) is 0 Å². The number of likely N-dealkylation sites (N-methyl/N-ethyl adjacent to an activating group) is 1. The van der Waals surface area contributed by atoms with E-state index in [1.165, 1.54) is 0 Å². The molecule has 0 fully saturated rings. The molecular weight excluding hydrogens is 230 g/mol. The van der Waals surface area contributed by atoms with Crippen LogP contribution in [0, 0.1) is 5.41 Å². The molecule has 0 saturated carbocycles. The van der Waals surface area contributed by atoms with Crippen LogP contribution in [0.25, 0.3) is 0 Å². The summed E-state index contributed by atoms with van der Waals surface area (Å²) < 4.78 is 0. The van der Waals surface area contributed by atoms with E-state index < -0.39 is 17.5 Å². The van der Waals surface area contributed by atoms with E-state index in [9.17, 15) is 9.90 Å². The van der Waals surface area contributed by atoms with Crippen LogP contribution in [-0.2, 0) is 11.2 Å². The van der Waals surface area contributed by atoms with E-state index in [4.69, 9.17) is 5.11 Å². The average molecular weight is 251 g/mol. The van der Waals surface area contributed by atoms with Crippen LogP contribution in [0.15, 0.2) is 24.3 Å². The van der Waals surface area contributed by atoms with Crippen molar-refractivity contribution in [2.45, 2.75) is 26.4 Å². The first kappa shape index (κ1) is 14.7. The molecule has 18 heavy (non-hydrogen) atoms. The van der Waals surface area contributed by atoms with Gasteiger partial charge in [-0.3, -0.25) is 4.79 Å². The molecule has 0 heterocycles. The summed E-state index contributed by atoms with van der Waals surface area (Å²) >= 11 is 0. The van der Waals surface area contributed by atoms with Crippen molar-refractivity contribution in [2.24, 2.45) is 5.41 Å². The Labute approximate surface area is 108 Å². The second-order valence-corrected chi connectivity index (χ2v) is 5.18. The lowest BCUT2D eigenvalue weighted by Crippen LogP contribution is -2.26. The first-order chi connectivity index (χ1) is 8.36. The Kier molecular flexibility index (Phi) is 4.87. The molecule has 0 radical (unpaired) electrons. The number of hydrogen-bond acceptors (Lipinski definition) is 3. The molecule has 4 heteroatoms. The molecular formula is C14H21NO3. The molecule has 0 amide bonds. The minimum absolute atomic E-state index is 0.447. The second kappa shape index (κ2) is 5.98. The van der Waals surface area contributed by atoms with Crippen molar-refractivity contribution in [1.82, 2.24) is 5.32 Å². The number of aliphatic hydroxyl groups is 1. The van der Waals surface area contributed by atoms with Crippen LogP contribution in [0.3, 0.4) is 0 Å². The SMILES string of the molecule is CNCC(O)c1cccc(CC(C)(C)C(=O)O)c1. The molecule has 0 spiro atoms. The predicted molar refractivity (Wildman–Crippen MR) is 70.4 cm³/mol. The Balaban J connectivity index is 2.86. The zero-order chi connectivity index (χ0) is 13.8. The number of benzene rings is 1. The Hall–Kier alpha value is -1.39. The molecule has 1 rings (SSSR count). The molecule has 0 aromatic heterocycles. The summed E-state index contributed by atoms with van der Waals surface area (Å²) in [6.45, 7) is 3.88. The maximum atomic E-state index is 11.1. The van der Waals surface area contributed by atoms with Gasteiger partial charge in [0.2, 0.25) is 0 Å². The van der Waals surface area contributed by atoms with Gasteiger partial charge in [0.15, 0.2) is 0 Å². The van der Waals surface area contributed by atoms with E-state index in [1.54, 1.807) is 20.9 Å². The van der Waals surface area contributed by atoms with E-state index >= 15 is 0 Å².